The highest BCUT2D eigenvalue weighted by molar-refractivity contribution is 5.12. The number of aromatic nitrogens is 1. The Labute approximate surface area is 129 Å². The summed E-state index contributed by atoms with van der Waals surface area (Å²) in [6.07, 6.45) is 7.35. The van der Waals surface area contributed by atoms with Crippen LogP contribution in [0.4, 0.5) is 0 Å². The van der Waals surface area contributed by atoms with E-state index in [0.717, 1.165) is 39.1 Å². The molecule has 2 aromatic heterocycles. The predicted octanol–water partition coefficient (Wildman–Crippen LogP) is 2.49. The fourth-order valence-corrected chi connectivity index (χ4v) is 3.41. The van der Waals surface area contributed by atoms with E-state index < -0.39 is 0 Å². The Morgan fingerprint density at radius 3 is 3.05 bits per heavy atom. The SMILES string of the molecule is c1ccc(OC2CCOC3(C2)CN(Cc2ccoc2)C3)nc1. The Hall–Kier alpha value is -1.85. The molecule has 2 aliphatic heterocycles. The van der Waals surface area contributed by atoms with Gasteiger partial charge in [-0.3, -0.25) is 4.90 Å². The fraction of sp³-hybridized carbons (Fsp3) is 0.471. The molecule has 0 saturated carbocycles. The van der Waals surface area contributed by atoms with Gasteiger partial charge in [-0.15, -0.1) is 0 Å². The molecule has 0 aliphatic carbocycles. The van der Waals surface area contributed by atoms with Gasteiger partial charge in [0.15, 0.2) is 0 Å². The molecule has 5 heteroatoms. The molecule has 0 amide bonds. The summed E-state index contributed by atoms with van der Waals surface area (Å²) in [5, 5.41) is 0. The lowest BCUT2D eigenvalue weighted by Gasteiger charge is -2.53. The summed E-state index contributed by atoms with van der Waals surface area (Å²) in [6.45, 7) is 3.60. The van der Waals surface area contributed by atoms with E-state index in [9.17, 15) is 0 Å². The molecule has 5 nitrogen and oxygen atoms in total. The number of hydrogen-bond acceptors (Lipinski definition) is 5. The van der Waals surface area contributed by atoms with Gasteiger partial charge in [0.2, 0.25) is 5.88 Å². The standard InChI is InChI=1S/C17H20N2O3/c1-2-6-18-16(3-1)22-15-5-8-21-17(9-15)12-19(13-17)10-14-4-7-20-11-14/h1-4,6-7,11,15H,5,8-10,12-13H2. The largest absolute Gasteiger partial charge is 0.474 e. The van der Waals surface area contributed by atoms with E-state index in [4.69, 9.17) is 13.9 Å². The van der Waals surface area contributed by atoms with Gasteiger partial charge >= 0.3 is 0 Å². The van der Waals surface area contributed by atoms with Crippen molar-refractivity contribution < 1.29 is 13.9 Å². The molecule has 0 radical (unpaired) electrons. The van der Waals surface area contributed by atoms with Crippen molar-refractivity contribution in [2.75, 3.05) is 19.7 Å². The Kier molecular flexibility index (Phi) is 3.60. The van der Waals surface area contributed by atoms with Gasteiger partial charge in [-0.25, -0.2) is 4.98 Å². The van der Waals surface area contributed by atoms with Crippen molar-refractivity contribution in [3.63, 3.8) is 0 Å². The van der Waals surface area contributed by atoms with Crippen LogP contribution < -0.4 is 4.74 Å². The van der Waals surface area contributed by atoms with Crippen molar-refractivity contribution in [1.82, 2.24) is 9.88 Å². The zero-order valence-corrected chi connectivity index (χ0v) is 12.5. The smallest absolute Gasteiger partial charge is 0.213 e. The third kappa shape index (κ3) is 2.87. The minimum absolute atomic E-state index is 0.0402. The van der Waals surface area contributed by atoms with Gasteiger partial charge in [-0.1, -0.05) is 6.07 Å². The van der Waals surface area contributed by atoms with Crippen molar-refractivity contribution in [3.8, 4) is 5.88 Å². The lowest BCUT2D eigenvalue weighted by atomic mass is 9.84. The molecule has 1 unspecified atom stereocenters. The fourth-order valence-electron chi connectivity index (χ4n) is 3.41. The molecular weight excluding hydrogens is 280 g/mol. The number of pyridine rings is 1. The third-order valence-electron chi connectivity index (χ3n) is 4.38. The highest BCUT2D eigenvalue weighted by Crippen LogP contribution is 2.36. The Bertz CT molecular complexity index is 594. The second-order valence-electron chi connectivity index (χ2n) is 6.21. The summed E-state index contributed by atoms with van der Waals surface area (Å²) in [7, 11) is 0. The van der Waals surface area contributed by atoms with E-state index in [0.29, 0.717) is 5.88 Å². The molecular formula is C17H20N2O3. The molecule has 0 aromatic carbocycles. The molecule has 22 heavy (non-hydrogen) atoms. The number of likely N-dealkylation sites (tertiary alicyclic amines) is 1. The number of nitrogens with zero attached hydrogens (tertiary/aromatic N) is 2. The molecule has 1 spiro atoms. The van der Waals surface area contributed by atoms with E-state index in [1.54, 1.807) is 18.7 Å². The van der Waals surface area contributed by atoms with Gasteiger partial charge in [0.25, 0.3) is 0 Å². The van der Waals surface area contributed by atoms with Crippen molar-refractivity contribution >= 4 is 0 Å². The Morgan fingerprint density at radius 1 is 1.32 bits per heavy atom. The van der Waals surface area contributed by atoms with Crippen LogP contribution in [0.25, 0.3) is 0 Å². The number of furan rings is 1. The molecule has 4 rings (SSSR count). The zero-order valence-electron chi connectivity index (χ0n) is 12.5. The first-order valence-electron chi connectivity index (χ1n) is 7.76. The van der Waals surface area contributed by atoms with E-state index in [2.05, 4.69) is 9.88 Å². The van der Waals surface area contributed by atoms with E-state index in [1.165, 1.54) is 5.56 Å². The Morgan fingerprint density at radius 2 is 2.27 bits per heavy atom. The van der Waals surface area contributed by atoms with Crippen LogP contribution in [0.15, 0.2) is 47.4 Å². The Balaban J connectivity index is 1.32. The van der Waals surface area contributed by atoms with Crippen molar-refractivity contribution in [3.05, 3.63) is 48.6 Å². The summed E-state index contributed by atoms with van der Waals surface area (Å²) in [5.74, 6) is 0.708. The number of ether oxygens (including phenoxy) is 2. The third-order valence-corrected chi connectivity index (χ3v) is 4.38. The molecule has 2 fully saturated rings. The van der Waals surface area contributed by atoms with Gasteiger partial charge in [-0.05, 0) is 12.1 Å². The lowest BCUT2D eigenvalue weighted by Crippen LogP contribution is -2.65. The number of rotatable bonds is 4. The first-order valence-corrected chi connectivity index (χ1v) is 7.76. The molecule has 2 saturated heterocycles. The lowest BCUT2D eigenvalue weighted by molar-refractivity contribution is -0.188. The zero-order chi connectivity index (χ0) is 14.8. The van der Waals surface area contributed by atoms with Crippen molar-refractivity contribution in [2.45, 2.75) is 31.1 Å². The van der Waals surface area contributed by atoms with Gasteiger partial charge in [0.05, 0.1) is 24.7 Å². The second kappa shape index (κ2) is 5.74. The maximum atomic E-state index is 6.05. The molecule has 2 aliphatic rings. The monoisotopic (exact) mass is 300 g/mol. The van der Waals surface area contributed by atoms with Crippen LogP contribution in [0.5, 0.6) is 5.88 Å². The van der Waals surface area contributed by atoms with Crippen molar-refractivity contribution in [2.24, 2.45) is 0 Å². The normalized spacial score (nSPS) is 24.1. The highest BCUT2D eigenvalue weighted by Gasteiger charge is 2.48. The second-order valence-corrected chi connectivity index (χ2v) is 6.21. The van der Waals surface area contributed by atoms with Crippen LogP contribution >= 0.6 is 0 Å². The summed E-state index contributed by atoms with van der Waals surface area (Å²) in [6, 6.07) is 7.78. The van der Waals surface area contributed by atoms with Crippen LogP contribution in [-0.2, 0) is 11.3 Å². The first kappa shape index (κ1) is 13.8. The summed E-state index contributed by atoms with van der Waals surface area (Å²) in [4.78, 5) is 6.63. The first-order chi connectivity index (χ1) is 10.8. The van der Waals surface area contributed by atoms with E-state index in [1.807, 2.05) is 24.3 Å². The molecule has 1 atom stereocenters. The molecule has 116 valence electrons. The van der Waals surface area contributed by atoms with Gasteiger partial charge in [0.1, 0.15) is 6.10 Å². The number of hydrogen-bond donors (Lipinski definition) is 0. The predicted molar refractivity (Wildman–Crippen MR) is 80.6 cm³/mol. The van der Waals surface area contributed by atoms with Gasteiger partial charge in [0, 0.05) is 50.3 Å². The molecule has 0 N–H and O–H groups in total. The summed E-state index contributed by atoms with van der Waals surface area (Å²) < 4.78 is 17.2. The summed E-state index contributed by atoms with van der Waals surface area (Å²) in [5.41, 5.74) is 1.17. The summed E-state index contributed by atoms with van der Waals surface area (Å²) >= 11 is 0. The molecule has 2 aromatic rings. The minimum atomic E-state index is -0.0402. The average molecular weight is 300 g/mol. The quantitative estimate of drug-likeness (QED) is 0.868. The van der Waals surface area contributed by atoms with E-state index >= 15 is 0 Å². The molecule has 0 bridgehead atoms. The average Bonchev–Trinajstić information content (AvgIpc) is 3.00. The van der Waals surface area contributed by atoms with Crippen LogP contribution in [0.3, 0.4) is 0 Å². The topological polar surface area (TPSA) is 47.7 Å². The maximum absolute atomic E-state index is 6.05. The highest BCUT2D eigenvalue weighted by atomic mass is 16.5. The van der Waals surface area contributed by atoms with Crippen LogP contribution in [0.2, 0.25) is 0 Å². The molecule has 4 heterocycles. The van der Waals surface area contributed by atoms with Crippen molar-refractivity contribution in [1.29, 1.82) is 0 Å². The van der Waals surface area contributed by atoms with Crippen LogP contribution in [-0.4, -0.2) is 41.3 Å². The van der Waals surface area contributed by atoms with Gasteiger partial charge in [-0.2, -0.15) is 0 Å². The minimum Gasteiger partial charge on any atom is -0.474 e. The van der Waals surface area contributed by atoms with Crippen LogP contribution in [0.1, 0.15) is 18.4 Å². The maximum Gasteiger partial charge on any atom is 0.213 e. The van der Waals surface area contributed by atoms with Crippen LogP contribution in [0, 0.1) is 0 Å². The van der Waals surface area contributed by atoms with E-state index in [-0.39, 0.29) is 11.7 Å². The van der Waals surface area contributed by atoms with Gasteiger partial charge < -0.3 is 13.9 Å².